The summed E-state index contributed by atoms with van der Waals surface area (Å²) in [6.45, 7) is 0. The summed E-state index contributed by atoms with van der Waals surface area (Å²) >= 11 is 8.57. The van der Waals surface area contributed by atoms with E-state index < -0.39 is 5.97 Å². The quantitative estimate of drug-likeness (QED) is 0.462. The molecule has 0 aliphatic carbocycles. The van der Waals surface area contributed by atoms with Gasteiger partial charge in [-0.1, -0.05) is 18.2 Å². The predicted octanol–water partition coefficient (Wildman–Crippen LogP) is 5.30. The molecular formula is C16H14Br2O3S. The summed E-state index contributed by atoms with van der Waals surface area (Å²) in [4.78, 5) is 13.2. The van der Waals surface area contributed by atoms with E-state index in [1.807, 2.05) is 36.4 Å². The smallest absolute Gasteiger partial charge is 0.342 e. The first kappa shape index (κ1) is 17.4. The average molecular weight is 446 g/mol. The zero-order chi connectivity index (χ0) is 16.1. The predicted molar refractivity (Wildman–Crippen MR) is 95.7 cm³/mol. The number of hydrogen-bond donors (Lipinski definition) is 0. The number of ether oxygens (including phenoxy) is 2. The summed E-state index contributed by atoms with van der Waals surface area (Å²) in [7, 11) is 2.91. The van der Waals surface area contributed by atoms with E-state index in [9.17, 15) is 4.79 Å². The molecule has 0 radical (unpaired) electrons. The van der Waals surface area contributed by atoms with Crippen LogP contribution in [0.3, 0.4) is 0 Å². The fourth-order valence-corrected chi connectivity index (χ4v) is 4.01. The fraction of sp³-hybridized carbons (Fsp3) is 0.188. The third-order valence-corrected chi connectivity index (χ3v) is 5.71. The molecule has 0 N–H and O–H groups in total. The molecule has 0 unspecified atom stereocenters. The molecule has 0 spiro atoms. The van der Waals surface area contributed by atoms with Crippen LogP contribution in [0.2, 0.25) is 0 Å². The molecule has 0 heterocycles. The molecule has 2 aromatic carbocycles. The molecule has 0 bridgehead atoms. The summed E-state index contributed by atoms with van der Waals surface area (Å²) in [6.07, 6.45) is 0. The van der Waals surface area contributed by atoms with Crippen molar-refractivity contribution in [2.45, 2.75) is 10.6 Å². The van der Waals surface area contributed by atoms with E-state index in [2.05, 4.69) is 31.9 Å². The van der Waals surface area contributed by atoms with E-state index >= 15 is 0 Å². The van der Waals surface area contributed by atoms with E-state index in [0.717, 1.165) is 19.4 Å². The number of hydrogen-bond acceptors (Lipinski definition) is 4. The maximum Gasteiger partial charge on any atom is 0.342 e. The number of rotatable bonds is 5. The first-order valence-corrected chi connectivity index (χ1v) is 8.96. The van der Waals surface area contributed by atoms with Crippen LogP contribution < -0.4 is 4.74 Å². The number of thioether (sulfide) groups is 1. The van der Waals surface area contributed by atoms with Gasteiger partial charge in [0, 0.05) is 15.1 Å². The molecule has 2 rings (SSSR count). The van der Waals surface area contributed by atoms with Gasteiger partial charge in [0.2, 0.25) is 0 Å². The second kappa shape index (κ2) is 8.04. The summed E-state index contributed by atoms with van der Waals surface area (Å²) in [6, 6.07) is 11.8. The van der Waals surface area contributed by atoms with Gasteiger partial charge in [0.25, 0.3) is 0 Å². The van der Waals surface area contributed by atoms with Crippen LogP contribution in [0.15, 0.2) is 50.2 Å². The molecule has 0 fully saturated rings. The van der Waals surface area contributed by atoms with Crippen molar-refractivity contribution in [3.63, 3.8) is 0 Å². The van der Waals surface area contributed by atoms with Gasteiger partial charge in [-0.15, -0.1) is 11.8 Å². The summed E-state index contributed by atoms with van der Waals surface area (Å²) in [5, 5.41) is 0. The molecule has 116 valence electrons. The molecule has 0 saturated carbocycles. The number of carbonyl (C=O) groups is 1. The van der Waals surface area contributed by atoms with Gasteiger partial charge in [-0.25, -0.2) is 4.79 Å². The highest BCUT2D eigenvalue weighted by Crippen LogP contribution is 2.36. The maximum absolute atomic E-state index is 12.1. The highest BCUT2D eigenvalue weighted by atomic mass is 79.9. The maximum atomic E-state index is 12.1. The molecule has 22 heavy (non-hydrogen) atoms. The third-order valence-electron chi connectivity index (χ3n) is 3.01. The van der Waals surface area contributed by atoms with E-state index in [0.29, 0.717) is 17.1 Å². The van der Waals surface area contributed by atoms with Crippen molar-refractivity contribution in [3.8, 4) is 5.75 Å². The highest BCUT2D eigenvalue weighted by molar-refractivity contribution is 9.10. The Morgan fingerprint density at radius 2 is 1.82 bits per heavy atom. The Balaban J connectivity index is 2.34. The normalized spacial score (nSPS) is 10.4. The first-order valence-electron chi connectivity index (χ1n) is 6.39. The molecular weight excluding hydrogens is 432 g/mol. The lowest BCUT2D eigenvalue weighted by atomic mass is 10.1. The van der Waals surface area contributed by atoms with Crippen molar-refractivity contribution in [1.29, 1.82) is 0 Å². The number of esters is 1. The topological polar surface area (TPSA) is 35.5 Å². The van der Waals surface area contributed by atoms with Crippen LogP contribution in [0.1, 0.15) is 15.9 Å². The third kappa shape index (κ3) is 3.86. The van der Waals surface area contributed by atoms with Crippen molar-refractivity contribution < 1.29 is 14.3 Å². The second-order valence-electron chi connectivity index (χ2n) is 4.33. The van der Waals surface area contributed by atoms with Crippen molar-refractivity contribution in [1.82, 2.24) is 0 Å². The largest absolute Gasteiger partial charge is 0.495 e. The van der Waals surface area contributed by atoms with Gasteiger partial charge in [-0.05, 0) is 55.6 Å². The van der Waals surface area contributed by atoms with Gasteiger partial charge in [0.1, 0.15) is 11.3 Å². The highest BCUT2D eigenvalue weighted by Gasteiger charge is 2.20. The van der Waals surface area contributed by atoms with Gasteiger partial charge in [0.15, 0.2) is 0 Å². The fourth-order valence-electron chi connectivity index (χ4n) is 1.96. The number of benzene rings is 2. The van der Waals surface area contributed by atoms with Crippen LogP contribution in [0.5, 0.6) is 5.75 Å². The zero-order valence-electron chi connectivity index (χ0n) is 12.1. The Labute approximate surface area is 150 Å². The summed E-state index contributed by atoms with van der Waals surface area (Å²) < 4.78 is 12.0. The lowest BCUT2D eigenvalue weighted by Crippen LogP contribution is -2.08. The zero-order valence-corrected chi connectivity index (χ0v) is 16.0. The molecule has 0 aromatic heterocycles. The minimum atomic E-state index is -0.402. The second-order valence-corrected chi connectivity index (χ2v) is 7.05. The van der Waals surface area contributed by atoms with Crippen LogP contribution >= 0.6 is 43.6 Å². The molecule has 0 aliphatic rings. The minimum absolute atomic E-state index is 0.402. The Morgan fingerprint density at radius 3 is 2.45 bits per heavy atom. The lowest BCUT2D eigenvalue weighted by Gasteiger charge is -2.14. The molecule has 0 saturated heterocycles. The molecule has 3 nitrogen and oxygen atoms in total. The molecule has 2 aromatic rings. The monoisotopic (exact) mass is 444 g/mol. The molecule has 0 atom stereocenters. The standard InChI is InChI=1S/C16H14Br2O3S/c1-20-15-12(18)8-7-10(14(15)16(19)21-2)9-22-13-6-4-3-5-11(13)17/h3-8H,9H2,1-2H3. The average Bonchev–Trinajstić information content (AvgIpc) is 2.53. The summed E-state index contributed by atoms with van der Waals surface area (Å²) in [5.41, 5.74) is 1.33. The number of halogens is 2. The van der Waals surface area contributed by atoms with Gasteiger partial charge in [0.05, 0.1) is 18.7 Å². The van der Waals surface area contributed by atoms with Crippen molar-refractivity contribution in [2.24, 2.45) is 0 Å². The minimum Gasteiger partial charge on any atom is -0.495 e. The SMILES string of the molecule is COC(=O)c1c(CSc2ccccc2Br)ccc(Br)c1OC. The van der Waals surface area contributed by atoms with Crippen LogP contribution in [-0.2, 0) is 10.5 Å². The van der Waals surface area contributed by atoms with Crippen molar-refractivity contribution >= 4 is 49.6 Å². The van der Waals surface area contributed by atoms with E-state index in [1.165, 1.54) is 14.2 Å². The van der Waals surface area contributed by atoms with E-state index in [4.69, 9.17) is 9.47 Å². The van der Waals surface area contributed by atoms with Gasteiger partial charge in [-0.2, -0.15) is 0 Å². The number of carbonyl (C=O) groups excluding carboxylic acids is 1. The lowest BCUT2D eigenvalue weighted by molar-refractivity contribution is 0.0596. The Bertz CT molecular complexity index is 689. The van der Waals surface area contributed by atoms with Crippen LogP contribution in [0.4, 0.5) is 0 Å². The van der Waals surface area contributed by atoms with Crippen LogP contribution in [0.25, 0.3) is 0 Å². The van der Waals surface area contributed by atoms with Crippen molar-refractivity contribution in [3.05, 3.63) is 56.5 Å². The molecule has 0 aliphatic heterocycles. The Kier molecular flexibility index (Phi) is 6.35. The molecule has 6 heteroatoms. The Hall–Kier alpha value is -0.980. The summed E-state index contributed by atoms with van der Waals surface area (Å²) in [5.74, 6) is 0.731. The van der Waals surface area contributed by atoms with Gasteiger partial charge in [-0.3, -0.25) is 0 Å². The Morgan fingerprint density at radius 1 is 1.09 bits per heavy atom. The van der Waals surface area contributed by atoms with Gasteiger partial charge >= 0.3 is 5.97 Å². The van der Waals surface area contributed by atoms with Crippen molar-refractivity contribution in [2.75, 3.05) is 14.2 Å². The number of methoxy groups -OCH3 is 2. The van der Waals surface area contributed by atoms with Crippen LogP contribution in [-0.4, -0.2) is 20.2 Å². The van der Waals surface area contributed by atoms with Gasteiger partial charge < -0.3 is 9.47 Å². The van der Waals surface area contributed by atoms with E-state index in [1.54, 1.807) is 11.8 Å². The van der Waals surface area contributed by atoms with Crippen LogP contribution in [0, 0.1) is 0 Å². The van der Waals surface area contributed by atoms with E-state index in [-0.39, 0.29) is 0 Å². The first-order chi connectivity index (χ1) is 10.6. The molecule has 0 amide bonds.